The summed E-state index contributed by atoms with van der Waals surface area (Å²) in [6, 6.07) is 7.00. The summed E-state index contributed by atoms with van der Waals surface area (Å²) in [6.07, 6.45) is 1.49. The van der Waals surface area contributed by atoms with Gasteiger partial charge < -0.3 is 10.5 Å². The Labute approximate surface area is 112 Å². The van der Waals surface area contributed by atoms with E-state index < -0.39 is 0 Å². The van der Waals surface area contributed by atoms with Crippen molar-refractivity contribution in [3.8, 4) is 5.75 Å². The Balaban J connectivity index is 2.44. The van der Waals surface area contributed by atoms with Crippen molar-refractivity contribution in [2.45, 2.75) is 13.8 Å². The molecule has 0 saturated heterocycles. The number of aryl methyl sites for hydroxylation is 2. The Kier molecular flexibility index (Phi) is 3.51. The molecule has 0 spiro atoms. The van der Waals surface area contributed by atoms with E-state index >= 15 is 0 Å². The highest BCUT2D eigenvalue weighted by atomic mass is 16.5. The molecular formula is C15H16N2O2. The third-order valence-electron chi connectivity index (χ3n) is 3.01. The van der Waals surface area contributed by atoms with E-state index in [0.29, 0.717) is 16.9 Å². The summed E-state index contributed by atoms with van der Waals surface area (Å²) in [5, 5.41) is 0. The van der Waals surface area contributed by atoms with Gasteiger partial charge >= 0.3 is 0 Å². The first-order chi connectivity index (χ1) is 9.02. The quantitative estimate of drug-likeness (QED) is 0.857. The molecule has 0 saturated carbocycles. The Morgan fingerprint density at radius 2 is 1.95 bits per heavy atom. The summed E-state index contributed by atoms with van der Waals surface area (Å²) < 4.78 is 5.24. The number of benzene rings is 1. The molecule has 0 amide bonds. The van der Waals surface area contributed by atoms with Crippen molar-refractivity contribution in [2.75, 3.05) is 12.8 Å². The van der Waals surface area contributed by atoms with Crippen LogP contribution in [-0.2, 0) is 0 Å². The molecule has 0 aliphatic carbocycles. The molecule has 2 N–H and O–H groups in total. The Morgan fingerprint density at radius 3 is 2.53 bits per heavy atom. The first-order valence-electron chi connectivity index (χ1n) is 5.94. The van der Waals surface area contributed by atoms with E-state index in [1.807, 2.05) is 26.0 Å². The molecular weight excluding hydrogens is 240 g/mol. The number of pyridine rings is 1. The molecule has 2 aromatic rings. The van der Waals surface area contributed by atoms with Crippen LogP contribution >= 0.6 is 0 Å². The molecule has 98 valence electrons. The Bertz CT molecular complexity index is 619. The molecule has 4 heteroatoms. The van der Waals surface area contributed by atoms with Gasteiger partial charge in [-0.05, 0) is 49.2 Å². The van der Waals surface area contributed by atoms with Gasteiger partial charge in [-0.25, -0.2) is 0 Å². The minimum Gasteiger partial charge on any atom is -0.496 e. The number of carbonyl (C=O) groups excluding carboxylic acids is 1. The predicted octanol–water partition coefficient (Wildman–Crippen LogP) is 2.52. The lowest BCUT2D eigenvalue weighted by molar-refractivity contribution is 0.103. The number of hydrogen-bond acceptors (Lipinski definition) is 4. The minimum absolute atomic E-state index is 0.108. The zero-order valence-corrected chi connectivity index (χ0v) is 11.2. The van der Waals surface area contributed by atoms with Crippen LogP contribution in [0.3, 0.4) is 0 Å². The average Bonchev–Trinajstić information content (AvgIpc) is 2.41. The molecule has 0 aliphatic rings. The maximum atomic E-state index is 12.4. The largest absolute Gasteiger partial charge is 0.496 e. The van der Waals surface area contributed by atoms with Crippen molar-refractivity contribution >= 4 is 11.5 Å². The Morgan fingerprint density at radius 1 is 1.21 bits per heavy atom. The van der Waals surface area contributed by atoms with Gasteiger partial charge in [0.15, 0.2) is 0 Å². The van der Waals surface area contributed by atoms with Gasteiger partial charge in [0.2, 0.25) is 5.78 Å². The molecule has 1 aromatic carbocycles. The van der Waals surface area contributed by atoms with Crippen molar-refractivity contribution in [1.29, 1.82) is 0 Å². The summed E-state index contributed by atoms with van der Waals surface area (Å²) in [7, 11) is 1.62. The number of nitrogens with zero attached hydrogens (tertiary/aromatic N) is 1. The van der Waals surface area contributed by atoms with E-state index in [4.69, 9.17) is 10.5 Å². The van der Waals surface area contributed by atoms with Gasteiger partial charge in [0.25, 0.3) is 0 Å². The molecule has 4 nitrogen and oxygen atoms in total. The van der Waals surface area contributed by atoms with Gasteiger partial charge in [0.05, 0.1) is 19.0 Å². The average molecular weight is 256 g/mol. The van der Waals surface area contributed by atoms with Crippen LogP contribution < -0.4 is 10.5 Å². The first-order valence-corrected chi connectivity index (χ1v) is 5.94. The first kappa shape index (κ1) is 13.1. The number of rotatable bonds is 3. The van der Waals surface area contributed by atoms with Crippen molar-refractivity contribution in [3.05, 3.63) is 52.8 Å². The summed E-state index contributed by atoms with van der Waals surface area (Å²) >= 11 is 0. The van der Waals surface area contributed by atoms with Crippen LogP contribution in [0.4, 0.5) is 5.69 Å². The molecule has 0 aliphatic heterocycles. The standard InChI is InChI=1S/C15H16N2O2/c1-9-7-14(19-3)10(2)6-12(9)15(18)13-5-4-11(16)8-17-13/h4-8H,16H2,1-3H3. The minimum atomic E-state index is -0.108. The van der Waals surface area contributed by atoms with E-state index in [0.717, 1.165) is 16.9 Å². The fraction of sp³-hybridized carbons (Fsp3) is 0.200. The number of methoxy groups -OCH3 is 1. The van der Waals surface area contributed by atoms with Crippen LogP contribution in [0.5, 0.6) is 5.75 Å². The van der Waals surface area contributed by atoms with E-state index in [1.165, 1.54) is 6.20 Å². The lowest BCUT2D eigenvalue weighted by atomic mass is 9.99. The highest BCUT2D eigenvalue weighted by Crippen LogP contribution is 2.24. The van der Waals surface area contributed by atoms with Gasteiger partial charge in [-0.1, -0.05) is 0 Å². The zero-order valence-electron chi connectivity index (χ0n) is 11.2. The van der Waals surface area contributed by atoms with Crippen molar-refractivity contribution in [2.24, 2.45) is 0 Å². The normalized spacial score (nSPS) is 10.3. The number of aromatic nitrogens is 1. The second kappa shape index (κ2) is 5.10. The monoisotopic (exact) mass is 256 g/mol. The number of nitrogen functional groups attached to an aromatic ring is 1. The SMILES string of the molecule is COc1cc(C)c(C(=O)c2ccc(N)cn2)cc1C. The maximum Gasteiger partial charge on any atom is 0.211 e. The van der Waals surface area contributed by atoms with Crippen molar-refractivity contribution < 1.29 is 9.53 Å². The van der Waals surface area contributed by atoms with Gasteiger partial charge in [-0.3, -0.25) is 9.78 Å². The van der Waals surface area contributed by atoms with E-state index in [2.05, 4.69) is 4.98 Å². The molecule has 1 heterocycles. The molecule has 19 heavy (non-hydrogen) atoms. The van der Waals surface area contributed by atoms with E-state index in [9.17, 15) is 4.79 Å². The summed E-state index contributed by atoms with van der Waals surface area (Å²) in [5.74, 6) is 0.669. The molecule has 0 atom stereocenters. The molecule has 0 unspecified atom stereocenters. The molecule has 0 bridgehead atoms. The van der Waals surface area contributed by atoms with Crippen LogP contribution in [0.1, 0.15) is 27.2 Å². The van der Waals surface area contributed by atoms with Crippen molar-refractivity contribution in [3.63, 3.8) is 0 Å². The summed E-state index contributed by atoms with van der Waals surface area (Å²) in [6.45, 7) is 3.79. The second-order valence-electron chi connectivity index (χ2n) is 4.44. The number of anilines is 1. The number of carbonyl (C=O) groups is 1. The third-order valence-corrected chi connectivity index (χ3v) is 3.01. The lowest BCUT2D eigenvalue weighted by Crippen LogP contribution is -2.07. The zero-order chi connectivity index (χ0) is 14.0. The lowest BCUT2D eigenvalue weighted by Gasteiger charge is -2.10. The molecule has 1 aromatic heterocycles. The van der Waals surface area contributed by atoms with Crippen LogP contribution in [-0.4, -0.2) is 17.9 Å². The predicted molar refractivity (Wildman–Crippen MR) is 74.5 cm³/mol. The van der Waals surface area contributed by atoms with Crippen LogP contribution in [0.15, 0.2) is 30.5 Å². The highest BCUT2D eigenvalue weighted by Gasteiger charge is 2.15. The summed E-state index contributed by atoms with van der Waals surface area (Å²) in [4.78, 5) is 16.4. The topological polar surface area (TPSA) is 65.2 Å². The van der Waals surface area contributed by atoms with Crippen molar-refractivity contribution in [1.82, 2.24) is 4.98 Å². The third kappa shape index (κ3) is 2.57. The van der Waals surface area contributed by atoms with Crippen LogP contribution in [0.25, 0.3) is 0 Å². The molecule has 2 rings (SSSR count). The smallest absolute Gasteiger partial charge is 0.211 e. The van der Waals surface area contributed by atoms with Gasteiger partial charge in [-0.15, -0.1) is 0 Å². The van der Waals surface area contributed by atoms with Gasteiger partial charge in [0.1, 0.15) is 11.4 Å². The Hall–Kier alpha value is -2.36. The number of ether oxygens (including phenoxy) is 1. The van der Waals surface area contributed by atoms with E-state index in [1.54, 1.807) is 19.2 Å². The van der Waals surface area contributed by atoms with Gasteiger partial charge in [-0.2, -0.15) is 0 Å². The number of nitrogens with two attached hydrogens (primary N) is 1. The van der Waals surface area contributed by atoms with Crippen LogP contribution in [0, 0.1) is 13.8 Å². The maximum absolute atomic E-state index is 12.4. The molecule has 0 radical (unpaired) electrons. The van der Waals surface area contributed by atoms with Crippen LogP contribution in [0.2, 0.25) is 0 Å². The second-order valence-corrected chi connectivity index (χ2v) is 4.44. The molecule has 0 fully saturated rings. The number of ketones is 1. The van der Waals surface area contributed by atoms with Gasteiger partial charge in [0, 0.05) is 5.56 Å². The number of hydrogen-bond donors (Lipinski definition) is 1. The summed E-state index contributed by atoms with van der Waals surface area (Å²) in [5.41, 5.74) is 8.92. The van der Waals surface area contributed by atoms with E-state index in [-0.39, 0.29) is 5.78 Å². The fourth-order valence-corrected chi connectivity index (χ4v) is 1.93. The highest BCUT2D eigenvalue weighted by molar-refractivity contribution is 6.08. The fourth-order valence-electron chi connectivity index (χ4n) is 1.93.